The molecule has 6 nitrogen and oxygen atoms in total. The van der Waals surface area contributed by atoms with E-state index in [1.165, 1.54) is 0 Å². The Balaban J connectivity index is 1.78. The van der Waals surface area contributed by atoms with E-state index in [0.29, 0.717) is 24.5 Å². The molecule has 2 aromatic carbocycles. The number of amides is 2. The van der Waals surface area contributed by atoms with Crippen molar-refractivity contribution in [3.05, 3.63) is 53.6 Å². The molecular formula is C20H22N2O4. The highest BCUT2D eigenvalue weighted by Gasteiger charge is 2.18. The van der Waals surface area contributed by atoms with Gasteiger partial charge in [0.25, 0.3) is 11.8 Å². The summed E-state index contributed by atoms with van der Waals surface area (Å²) in [6, 6.07) is 13.1. The molecular weight excluding hydrogens is 332 g/mol. The molecule has 0 aromatic heterocycles. The maximum Gasteiger partial charge on any atom is 0.255 e. The number of carbonyl (C=O) groups excluding carboxylic acids is 2. The van der Waals surface area contributed by atoms with Gasteiger partial charge in [-0.3, -0.25) is 9.59 Å². The maximum atomic E-state index is 12.3. The van der Waals surface area contributed by atoms with Gasteiger partial charge in [-0.05, 0) is 43.2 Å². The predicted octanol–water partition coefficient (Wildman–Crippen LogP) is 2.04. The molecule has 0 radical (unpaired) electrons. The van der Waals surface area contributed by atoms with Crippen LogP contribution < -0.4 is 15.8 Å². The molecule has 0 bridgehead atoms. The summed E-state index contributed by atoms with van der Waals surface area (Å²) in [4.78, 5) is 23.3. The highest BCUT2D eigenvalue weighted by atomic mass is 16.5. The van der Waals surface area contributed by atoms with E-state index in [0.717, 1.165) is 23.1 Å². The molecule has 3 N–H and O–H groups in total. The summed E-state index contributed by atoms with van der Waals surface area (Å²) >= 11 is 0. The number of aryl methyl sites for hydroxylation is 1. The van der Waals surface area contributed by atoms with Crippen molar-refractivity contribution < 1.29 is 19.1 Å². The first-order valence-corrected chi connectivity index (χ1v) is 8.54. The van der Waals surface area contributed by atoms with Gasteiger partial charge < -0.3 is 20.5 Å². The molecule has 6 heteroatoms. The van der Waals surface area contributed by atoms with Crippen LogP contribution in [0.15, 0.2) is 42.5 Å². The average molecular weight is 354 g/mol. The van der Waals surface area contributed by atoms with Gasteiger partial charge in [0.2, 0.25) is 0 Å². The van der Waals surface area contributed by atoms with Gasteiger partial charge in [-0.2, -0.15) is 0 Å². The average Bonchev–Trinajstić information content (AvgIpc) is 3.13. The van der Waals surface area contributed by atoms with Crippen LogP contribution in [0.2, 0.25) is 0 Å². The highest BCUT2D eigenvalue weighted by molar-refractivity contribution is 5.95. The van der Waals surface area contributed by atoms with Gasteiger partial charge in [-0.15, -0.1) is 0 Å². The van der Waals surface area contributed by atoms with E-state index in [9.17, 15) is 9.59 Å². The molecule has 1 heterocycles. The predicted molar refractivity (Wildman–Crippen MR) is 98.0 cm³/mol. The zero-order valence-electron chi connectivity index (χ0n) is 14.7. The van der Waals surface area contributed by atoms with Gasteiger partial charge in [-0.25, -0.2) is 0 Å². The van der Waals surface area contributed by atoms with Crippen molar-refractivity contribution in [1.82, 2.24) is 5.32 Å². The Hall–Kier alpha value is -2.86. The molecule has 2 amide bonds. The summed E-state index contributed by atoms with van der Waals surface area (Å²) in [6.45, 7) is 3.05. The lowest BCUT2D eigenvalue weighted by atomic mass is 10.0. The minimum Gasteiger partial charge on any atom is -0.483 e. The second-order valence-electron chi connectivity index (χ2n) is 6.37. The van der Waals surface area contributed by atoms with Crippen LogP contribution in [0.1, 0.15) is 22.3 Å². The van der Waals surface area contributed by atoms with Crippen molar-refractivity contribution >= 4 is 11.8 Å². The standard InChI is InChI=1S/C20H22N2O4/c1-13-2-7-18(26-12-19(21)23)17(10-13)14-3-5-15(6-4-14)20(24)22-16-8-9-25-11-16/h2-7,10,16H,8-9,11-12H2,1H3,(H2,21,23)(H,22,24). The smallest absolute Gasteiger partial charge is 0.255 e. The molecule has 2 aromatic rings. The second-order valence-corrected chi connectivity index (χ2v) is 6.37. The number of nitrogens with one attached hydrogen (secondary N) is 1. The van der Waals surface area contributed by atoms with Gasteiger partial charge in [0.15, 0.2) is 6.61 Å². The quantitative estimate of drug-likeness (QED) is 0.831. The fourth-order valence-electron chi connectivity index (χ4n) is 2.86. The number of benzene rings is 2. The molecule has 1 aliphatic rings. The molecule has 136 valence electrons. The molecule has 1 unspecified atom stereocenters. The normalized spacial score (nSPS) is 16.3. The third-order valence-electron chi connectivity index (χ3n) is 4.23. The number of carbonyl (C=O) groups is 2. The van der Waals surface area contributed by atoms with E-state index in [1.54, 1.807) is 12.1 Å². The van der Waals surface area contributed by atoms with Gasteiger partial charge >= 0.3 is 0 Å². The first kappa shape index (κ1) is 17.9. The number of nitrogens with two attached hydrogens (primary N) is 1. The number of primary amides is 1. The summed E-state index contributed by atoms with van der Waals surface area (Å²) in [5, 5.41) is 2.97. The summed E-state index contributed by atoms with van der Waals surface area (Å²) < 4.78 is 10.8. The zero-order chi connectivity index (χ0) is 18.5. The monoisotopic (exact) mass is 354 g/mol. The van der Waals surface area contributed by atoms with Crippen LogP contribution >= 0.6 is 0 Å². The fourth-order valence-corrected chi connectivity index (χ4v) is 2.86. The van der Waals surface area contributed by atoms with Crippen LogP contribution in [0.4, 0.5) is 0 Å². The van der Waals surface area contributed by atoms with Crippen molar-refractivity contribution in [2.45, 2.75) is 19.4 Å². The zero-order valence-corrected chi connectivity index (χ0v) is 14.7. The lowest BCUT2D eigenvalue weighted by molar-refractivity contribution is -0.119. The van der Waals surface area contributed by atoms with E-state index in [1.807, 2.05) is 37.3 Å². The van der Waals surface area contributed by atoms with Crippen LogP contribution in [0, 0.1) is 6.92 Å². The number of ether oxygens (including phenoxy) is 2. The molecule has 3 rings (SSSR count). The Morgan fingerprint density at radius 3 is 2.65 bits per heavy atom. The Morgan fingerprint density at radius 2 is 2.00 bits per heavy atom. The number of rotatable bonds is 6. The minimum absolute atomic E-state index is 0.0766. The van der Waals surface area contributed by atoms with E-state index in [-0.39, 0.29) is 18.6 Å². The largest absolute Gasteiger partial charge is 0.483 e. The third kappa shape index (κ3) is 4.40. The van der Waals surface area contributed by atoms with Crippen molar-refractivity contribution in [3.8, 4) is 16.9 Å². The Labute approximate surface area is 152 Å². The highest BCUT2D eigenvalue weighted by Crippen LogP contribution is 2.31. The molecule has 1 saturated heterocycles. The van der Waals surface area contributed by atoms with Crippen LogP contribution in [0.3, 0.4) is 0 Å². The lowest BCUT2D eigenvalue weighted by Gasteiger charge is -2.13. The van der Waals surface area contributed by atoms with E-state index >= 15 is 0 Å². The van der Waals surface area contributed by atoms with Gasteiger partial charge in [0.05, 0.1) is 12.6 Å². The van der Waals surface area contributed by atoms with Gasteiger partial charge in [0, 0.05) is 17.7 Å². The number of hydrogen-bond donors (Lipinski definition) is 2. The van der Waals surface area contributed by atoms with Crippen molar-refractivity contribution in [1.29, 1.82) is 0 Å². The minimum atomic E-state index is -0.528. The first-order valence-electron chi connectivity index (χ1n) is 8.54. The Morgan fingerprint density at radius 1 is 1.23 bits per heavy atom. The summed E-state index contributed by atoms with van der Waals surface area (Å²) in [5.74, 6) is -0.0596. The topological polar surface area (TPSA) is 90.7 Å². The molecule has 0 spiro atoms. The van der Waals surface area contributed by atoms with Crippen LogP contribution in [-0.4, -0.2) is 37.7 Å². The van der Waals surface area contributed by atoms with E-state index in [4.69, 9.17) is 15.2 Å². The van der Waals surface area contributed by atoms with Crippen molar-refractivity contribution in [3.63, 3.8) is 0 Å². The first-order chi connectivity index (χ1) is 12.5. The Kier molecular flexibility index (Phi) is 5.53. The van der Waals surface area contributed by atoms with Crippen LogP contribution in [0.25, 0.3) is 11.1 Å². The third-order valence-corrected chi connectivity index (χ3v) is 4.23. The van der Waals surface area contributed by atoms with Gasteiger partial charge in [0.1, 0.15) is 5.75 Å². The second kappa shape index (κ2) is 8.01. The Bertz CT molecular complexity index is 796. The SMILES string of the molecule is Cc1ccc(OCC(N)=O)c(-c2ccc(C(=O)NC3CCOC3)cc2)c1. The van der Waals surface area contributed by atoms with Crippen LogP contribution in [-0.2, 0) is 9.53 Å². The van der Waals surface area contributed by atoms with E-state index in [2.05, 4.69) is 5.32 Å². The maximum absolute atomic E-state index is 12.3. The van der Waals surface area contributed by atoms with Gasteiger partial charge in [-0.1, -0.05) is 23.8 Å². The molecule has 1 fully saturated rings. The molecule has 0 saturated carbocycles. The molecule has 1 aliphatic heterocycles. The summed E-state index contributed by atoms with van der Waals surface area (Å²) in [7, 11) is 0. The van der Waals surface area contributed by atoms with E-state index < -0.39 is 5.91 Å². The number of hydrogen-bond acceptors (Lipinski definition) is 4. The van der Waals surface area contributed by atoms with Crippen molar-refractivity contribution in [2.24, 2.45) is 5.73 Å². The summed E-state index contributed by atoms with van der Waals surface area (Å²) in [5.41, 5.74) is 8.56. The van der Waals surface area contributed by atoms with Crippen LogP contribution in [0.5, 0.6) is 5.75 Å². The van der Waals surface area contributed by atoms with Crippen molar-refractivity contribution in [2.75, 3.05) is 19.8 Å². The molecule has 0 aliphatic carbocycles. The molecule has 1 atom stereocenters. The summed E-state index contributed by atoms with van der Waals surface area (Å²) in [6.07, 6.45) is 0.841. The lowest BCUT2D eigenvalue weighted by Crippen LogP contribution is -2.34. The molecule has 26 heavy (non-hydrogen) atoms. The fraction of sp³-hybridized carbons (Fsp3) is 0.300.